The van der Waals surface area contributed by atoms with E-state index in [2.05, 4.69) is 0 Å². The molecule has 0 aromatic heterocycles. The van der Waals surface area contributed by atoms with Gasteiger partial charge in [-0.25, -0.2) is 4.79 Å². The van der Waals surface area contributed by atoms with Crippen molar-refractivity contribution < 1.29 is 19.3 Å². The zero-order valence-electron chi connectivity index (χ0n) is 11.7. The summed E-state index contributed by atoms with van der Waals surface area (Å²) in [4.78, 5) is 39.3. The van der Waals surface area contributed by atoms with Crippen LogP contribution >= 0.6 is 0 Å². The Hall–Kier alpha value is -3.48. The predicted molar refractivity (Wildman–Crippen MR) is 81.1 cm³/mol. The van der Waals surface area contributed by atoms with Gasteiger partial charge < -0.3 is 4.84 Å². The molecule has 0 radical (unpaired) electrons. The number of carbonyl (C=O) groups is 2. The summed E-state index contributed by atoms with van der Waals surface area (Å²) in [5.74, 6) is -1.35. The second-order valence-electron chi connectivity index (χ2n) is 4.72. The van der Waals surface area contributed by atoms with E-state index in [9.17, 15) is 19.7 Å². The summed E-state index contributed by atoms with van der Waals surface area (Å²) in [5, 5.41) is 11.5. The van der Waals surface area contributed by atoms with Crippen LogP contribution in [0.3, 0.4) is 0 Å². The number of rotatable bonds is 3. The number of nitro benzene ring substituents is 1. The normalized spacial score (nSPS) is 15.8. The van der Waals surface area contributed by atoms with Crippen LogP contribution in [-0.2, 0) is 14.4 Å². The summed E-state index contributed by atoms with van der Waals surface area (Å²) in [5.41, 5.74) is 0.727. The number of nitrogens with zero attached hydrogens (tertiary/aromatic N) is 2. The van der Waals surface area contributed by atoms with Gasteiger partial charge in [-0.3, -0.25) is 14.9 Å². The van der Waals surface area contributed by atoms with Crippen LogP contribution in [0.15, 0.2) is 60.2 Å². The SMILES string of the molecule is O=C1ON(c2ccccc2)C(=O)C1=Cc1ccc([N+](=O)[O-])cc1. The van der Waals surface area contributed by atoms with Gasteiger partial charge >= 0.3 is 5.97 Å². The highest BCUT2D eigenvalue weighted by atomic mass is 16.7. The highest BCUT2D eigenvalue weighted by Crippen LogP contribution is 2.25. The van der Waals surface area contributed by atoms with Crippen molar-refractivity contribution in [1.82, 2.24) is 0 Å². The molecule has 1 aliphatic heterocycles. The van der Waals surface area contributed by atoms with Crippen LogP contribution in [0.5, 0.6) is 0 Å². The summed E-state index contributed by atoms with van der Waals surface area (Å²) in [6, 6.07) is 14.0. The van der Waals surface area contributed by atoms with E-state index in [-0.39, 0.29) is 11.3 Å². The molecule has 114 valence electrons. The molecule has 7 nitrogen and oxygen atoms in total. The molecule has 0 atom stereocenters. The van der Waals surface area contributed by atoms with E-state index >= 15 is 0 Å². The number of hydroxylamine groups is 1. The third-order valence-electron chi connectivity index (χ3n) is 3.21. The van der Waals surface area contributed by atoms with Crippen molar-refractivity contribution in [3.05, 3.63) is 75.8 Å². The van der Waals surface area contributed by atoms with Crippen molar-refractivity contribution >= 4 is 29.3 Å². The van der Waals surface area contributed by atoms with E-state index in [1.807, 2.05) is 0 Å². The second kappa shape index (κ2) is 5.72. The molecule has 0 bridgehead atoms. The van der Waals surface area contributed by atoms with Crippen LogP contribution in [0, 0.1) is 10.1 Å². The van der Waals surface area contributed by atoms with E-state index < -0.39 is 16.8 Å². The molecule has 1 aliphatic rings. The van der Waals surface area contributed by atoms with Gasteiger partial charge in [-0.1, -0.05) is 18.2 Å². The fourth-order valence-electron chi connectivity index (χ4n) is 2.08. The Labute approximate surface area is 130 Å². The molecule has 2 aromatic rings. The van der Waals surface area contributed by atoms with Crippen molar-refractivity contribution in [2.45, 2.75) is 0 Å². The average molecular weight is 310 g/mol. The molecule has 2 aromatic carbocycles. The van der Waals surface area contributed by atoms with Crippen LogP contribution in [-0.4, -0.2) is 16.8 Å². The Morgan fingerprint density at radius 1 is 1.00 bits per heavy atom. The lowest BCUT2D eigenvalue weighted by Crippen LogP contribution is -2.22. The van der Waals surface area contributed by atoms with Crippen LogP contribution in [0.1, 0.15) is 5.56 Å². The van der Waals surface area contributed by atoms with Crippen molar-refractivity contribution in [3.63, 3.8) is 0 Å². The lowest BCUT2D eigenvalue weighted by Gasteiger charge is -2.11. The van der Waals surface area contributed by atoms with Gasteiger partial charge in [-0.15, -0.1) is 5.06 Å². The molecular weight excluding hydrogens is 300 g/mol. The fourth-order valence-corrected chi connectivity index (χ4v) is 2.08. The first-order valence-corrected chi connectivity index (χ1v) is 6.64. The number of non-ortho nitro benzene ring substituents is 1. The first-order chi connectivity index (χ1) is 11.1. The number of carbonyl (C=O) groups excluding carboxylic acids is 2. The van der Waals surface area contributed by atoms with Crippen LogP contribution < -0.4 is 5.06 Å². The average Bonchev–Trinajstić information content (AvgIpc) is 2.84. The zero-order chi connectivity index (χ0) is 16.4. The number of para-hydroxylation sites is 1. The van der Waals surface area contributed by atoms with Gasteiger partial charge in [0.1, 0.15) is 5.57 Å². The maximum absolute atomic E-state index is 12.3. The Balaban J connectivity index is 1.89. The molecule has 0 aliphatic carbocycles. The highest BCUT2D eigenvalue weighted by molar-refractivity contribution is 6.28. The van der Waals surface area contributed by atoms with Gasteiger partial charge in [0.15, 0.2) is 0 Å². The van der Waals surface area contributed by atoms with Crippen molar-refractivity contribution in [2.75, 3.05) is 5.06 Å². The summed E-state index contributed by atoms with van der Waals surface area (Å²) >= 11 is 0. The van der Waals surface area contributed by atoms with Gasteiger partial charge in [-0.2, -0.15) is 0 Å². The number of amides is 1. The molecule has 0 N–H and O–H groups in total. The Kier molecular flexibility index (Phi) is 3.60. The Morgan fingerprint density at radius 3 is 2.26 bits per heavy atom. The Morgan fingerprint density at radius 2 is 1.65 bits per heavy atom. The minimum absolute atomic E-state index is 0.0709. The van der Waals surface area contributed by atoms with Crippen molar-refractivity contribution in [3.8, 4) is 0 Å². The predicted octanol–water partition coefficient (Wildman–Crippen LogP) is 2.48. The molecule has 1 heterocycles. The summed E-state index contributed by atoms with van der Waals surface area (Å²) in [6.45, 7) is 0. The monoisotopic (exact) mass is 310 g/mol. The maximum atomic E-state index is 12.3. The fraction of sp³-hybridized carbons (Fsp3) is 0. The van der Waals surface area contributed by atoms with E-state index in [4.69, 9.17) is 4.84 Å². The van der Waals surface area contributed by atoms with E-state index in [1.54, 1.807) is 30.3 Å². The molecule has 3 rings (SSSR count). The molecule has 23 heavy (non-hydrogen) atoms. The molecular formula is C16H10N2O5. The molecule has 0 unspecified atom stereocenters. The third-order valence-corrected chi connectivity index (χ3v) is 3.21. The lowest BCUT2D eigenvalue weighted by atomic mass is 10.1. The van der Waals surface area contributed by atoms with Crippen molar-refractivity contribution in [1.29, 1.82) is 0 Å². The molecule has 1 amide bonds. The molecule has 0 saturated carbocycles. The largest absolute Gasteiger partial charge is 0.369 e. The molecule has 7 heteroatoms. The lowest BCUT2D eigenvalue weighted by molar-refractivity contribution is -0.384. The summed E-state index contributed by atoms with van der Waals surface area (Å²) < 4.78 is 0. The number of hydrogen-bond acceptors (Lipinski definition) is 5. The molecule has 1 saturated heterocycles. The zero-order valence-corrected chi connectivity index (χ0v) is 11.7. The summed E-state index contributed by atoms with van der Waals surface area (Å²) in [7, 11) is 0. The highest BCUT2D eigenvalue weighted by Gasteiger charge is 2.37. The molecule has 1 fully saturated rings. The second-order valence-corrected chi connectivity index (χ2v) is 4.72. The van der Waals surface area contributed by atoms with Gasteiger partial charge in [0.05, 0.1) is 10.6 Å². The van der Waals surface area contributed by atoms with E-state index in [0.717, 1.165) is 5.06 Å². The number of benzene rings is 2. The van der Waals surface area contributed by atoms with Gasteiger partial charge in [0.2, 0.25) is 0 Å². The van der Waals surface area contributed by atoms with Gasteiger partial charge in [0.25, 0.3) is 11.6 Å². The van der Waals surface area contributed by atoms with Crippen LogP contribution in [0.25, 0.3) is 6.08 Å². The smallest absolute Gasteiger partial charge is 0.327 e. The quantitative estimate of drug-likeness (QED) is 0.376. The van der Waals surface area contributed by atoms with Crippen molar-refractivity contribution in [2.24, 2.45) is 0 Å². The third kappa shape index (κ3) is 2.80. The first kappa shape index (κ1) is 14.5. The number of hydrogen-bond donors (Lipinski definition) is 0. The number of anilines is 1. The van der Waals surface area contributed by atoms with Crippen LogP contribution in [0.2, 0.25) is 0 Å². The standard InChI is InChI=1S/C16H10N2O5/c19-15-14(10-11-6-8-13(9-7-11)18(21)22)16(20)23-17(15)12-4-2-1-3-5-12/h1-10H. The topological polar surface area (TPSA) is 89.8 Å². The maximum Gasteiger partial charge on any atom is 0.369 e. The van der Waals surface area contributed by atoms with Gasteiger partial charge in [-0.05, 0) is 35.9 Å². The molecule has 0 spiro atoms. The number of nitro groups is 1. The minimum atomic E-state index is -0.766. The van der Waals surface area contributed by atoms with Gasteiger partial charge in [0, 0.05) is 12.1 Å². The van der Waals surface area contributed by atoms with Crippen LogP contribution in [0.4, 0.5) is 11.4 Å². The first-order valence-electron chi connectivity index (χ1n) is 6.64. The van der Waals surface area contributed by atoms with E-state index in [1.165, 1.54) is 30.3 Å². The summed E-state index contributed by atoms with van der Waals surface area (Å²) in [6.07, 6.45) is 1.34. The van der Waals surface area contributed by atoms with E-state index in [0.29, 0.717) is 11.3 Å². The Bertz CT molecular complexity index is 812. The minimum Gasteiger partial charge on any atom is -0.327 e.